The number of methoxy groups -OCH3 is 5. The number of halogens is 1. The molecule has 760 valence electrons. The number of carbonyl (C=O) groups excluding carboxylic acids is 1. The molecule has 0 fully saturated rings. The summed E-state index contributed by atoms with van der Waals surface area (Å²) >= 11 is 2.27. The van der Waals surface area contributed by atoms with Crippen molar-refractivity contribution >= 4 is 151 Å². The molecule has 15 rings (SSSR count). The molecule has 0 radical (unpaired) electrons. The summed E-state index contributed by atoms with van der Waals surface area (Å²) < 4.78 is 116. The van der Waals surface area contributed by atoms with E-state index >= 15 is 0 Å². The highest BCUT2D eigenvalue weighted by molar-refractivity contribution is 14.1. The standard InChI is InChI=1S/C23H23N3O5.C22H23N3O6S.C21H20IN3O3.C21H22N4O3.C21H21N3O4/c1-4-17-6-5-7-18(12-17)26-23-19-13-21(30-9-8-28-3)22(14-20(19)24-15-25-23)31-11-10-29-16(2)27;1-4-16-6-5-7-17(12-16)25-22-18-13-20(29-9-8-28-2)21(14-19(18)23-15-24-22)30-10-11-31-32(3,26)27;2*1-3-15-5-4-6-16(11-15)25-21-17-12-19(28-10-9-26-2)20(27-8-7-22)13-18(17)23-14-24-21;1-3-15-5-4-6-16(11-15)24-21-17-12-19(28-10-9-26-2)20(27-8-7-25)13-18(17)22-14-23-21/h1,5-7,12-15H,8-11H2,2-3H3,(H,24,25,26);1,5-7,12-15H,8-11H2,2-3H3,(H,23,24,25);1,4-6,11-14H,7-10H2,2H3,(H,23,24,25);1,4-6,11-14H,7-10,22H2,2H3,(H,23,24,25);1,4-6,11-14,25H,7-10H2,2H3,(H,22,23,24). The highest BCUT2D eigenvalue weighted by Gasteiger charge is 2.21. The van der Waals surface area contributed by atoms with Gasteiger partial charge in [-0.15, -0.1) is 32.1 Å². The van der Waals surface area contributed by atoms with Crippen LogP contribution in [0, 0.1) is 61.7 Å². The first kappa shape index (κ1) is 111. The molecular formula is C108H109IN16O21S. The lowest BCUT2D eigenvalue weighted by Gasteiger charge is -2.15. The highest BCUT2D eigenvalue weighted by atomic mass is 127. The van der Waals surface area contributed by atoms with E-state index in [0.29, 0.717) is 194 Å². The van der Waals surface area contributed by atoms with E-state index < -0.39 is 10.1 Å². The number of nitrogens with one attached hydrogen (secondary N) is 5. The van der Waals surface area contributed by atoms with Crippen LogP contribution in [0.3, 0.4) is 0 Å². The summed E-state index contributed by atoms with van der Waals surface area (Å²) in [6.45, 7) is 6.93. The quantitative estimate of drug-likeness (QED) is 0.00465. The van der Waals surface area contributed by atoms with E-state index in [9.17, 15) is 13.2 Å². The SMILES string of the molecule is C#Cc1cccc(Nc2ncnc3cc(OCCI)c(OCCOC)cc23)c1.C#Cc1cccc(Nc2ncnc3cc(OCCN)c(OCCOC)cc23)c1.C#Cc1cccc(Nc2ncnc3cc(OCCO)c(OCCOC)cc23)c1.C#Cc1cccc(Nc2ncnc3cc(OCCOC(C)=O)c(OCCOC)cc23)c1.C#Cc1cccc(Nc2ncnc3cc(OCCOS(C)(=O)=O)c(OCCOC)cc23)c1. The Hall–Kier alpha value is -16.5. The number of anilines is 10. The minimum atomic E-state index is -3.55. The Morgan fingerprint density at radius 2 is 0.544 bits per heavy atom. The van der Waals surface area contributed by atoms with Gasteiger partial charge in [0, 0.05) is 167 Å². The van der Waals surface area contributed by atoms with E-state index in [2.05, 4.69) is 129 Å². The molecule has 147 heavy (non-hydrogen) atoms. The van der Waals surface area contributed by atoms with Crippen LogP contribution < -0.4 is 79.7 Å². The lowest BCUT2D eigenvalue weighted by atomic mass is 10.2. The van der Waals surface area contributed by atoms with Gasteiger partial charge in [-0.1, -0.05) is 82.5 Å². The number of carbonyl (C=O) groups is 1. The van der Waals surface area contributed by atoms with Crippen LogP contribution in [0.15, 0.2) is 214 Å². The van der Waals surface area contributed by atoms with Crippen molar-refractivity contribution in [1.82, 2.24) is 49.8 Å². The zero-order chi connectivity index (χ0) is 104. The molecule has 37 nitrogen and oxygen atoms in total. The van der Waals surface area contributed by atoms with Crippen molar-refractivity contribution in [2.75, 3.05) is 198 Å². The van der Waals surface area contributed by atoms with Crippen LogP contribution in [-0.4, -0.2) is 241 Å². The van der Waals surface area contributed by atoms with Crippen molar-refractivity contribution in [3.63, 3.8) is 0 Å². The molecule has 5 aromatic heterocycles. The molecule has 10 aromatic carbocycles. The van der Waals surface area contributed by atoms with Gasteiger partial charge in [0.25, 0.3) is 10.1 Å². The van der Waals surface area contributed by atoms with E-state index in [4.69, 9.17) is 123 Å². The van der Waals surface area contributed by atoms with Crippen molar-refractivity contribution in [2.24, 2.45) is 5.73 Å². The first-order valence-electron chi connectivity index (χ1n) is 45.4. The fourth-order valence-corrected chi connectivity index (χ4v) is 14.0. The average molecular weight is 2130 g/mol. The summed E-state index contributed by atoms with van der Waals surface area (Å²) in [5.41, 5.74) is 16.9. The van der Waals surface area contributed by atoms with Crippen LogP contribution in [0.5, 0.6) is 57.5 Å². The second-order valence-electron chi connectivity index (χ2n) is 30.5. The zero-order valence-corrected chi connectivity index (χ0v) is 84.7. The number of rotatable bonds is 48. The second kappa shape index (κ2) is 59.6. The number of ether oxygens (including phenoxy) is 16. The fourth-order valence-electron chi connectivity index (χ4n) is 13.4. The maximum absolute atomic E-state index is 11.1. The van der Waals surface area contributed by atoms with Gasteiger partial charge in [0.2, 0.25) is 0 Å². The van der Waals surface area contributed by atoms with Gasteiger partial charge in [0.15, 0.2) is 57.5 Å². The fraction of sp³-hybridized carbons (Fsp3) is 0.250. The number of nitrogens with zero attached hydrogens (tertiary/aromatic N) is 10. The van der Waals surface area contributed by atoms with Gasteiger partial charge in [0.1, 0.15) is 133 Å². The van der Waals surface area contributed by atoms with Crippen LogP contribution in [0.1, 0.15) is 34.7 Å². The number of benzene rings is 10. The van der Waals surface area contributed by atoms with Crippen molar-refractivity contribution in [3.8, 4) is 119 Å². The lowest BCUT2D eigenvalue weighted by Crippen LogP contribution is -2.12. The lowest BCUT2D eigenvalue weighted by molar-refractivity contribution is -0.141. The Morgan fingerprint density at radius 3 is 0.762 bits per heavy atom. The topological polar surface area (TPSA) is 443 Å². The van der Waals surface area contributed by atoms with Crippen LogP contribution >= 0.6 is 22.6 Å². The number of terminal acetylenes is 5. The average Bonchev–Trinajstić information content (AvgIpc) is 0.807. The van der Waals surface area contributed by atoms with Crippen LogP contribution in [0.25, 0.3) is 54.5 Å². The molecule has 0 atom stereocenters. The molecule has 15 aromatic rings. The minimum absolute atomic E-state index is 0.00822. The van der Waals surface area contributed by atoms with Crippen LogP contribution in [0.4, 0.5) is 57.5 Å². The number of esters is 1. The van der Waals surface area contributed by atoms with Crippen molar-refractivity contribution in [3.05, 3.63) is 241 Å². The number of hydrogen-bond acceptors (Lipinski definition) is 37. The monoisotopic (exact) mass is 2120 g/mol. The van der Waals surface area contributed by atoms with Gasteiger partial charge >= 0.3 is 5.97 Å². The molecule has 0 spiro atoms. The number of hydrogen-bond donors (Lipinski definition) is 7. The molecule has 0 saturated heterocycles. The van der Waals surface area contributed by atoms with E-state index in [1.807, 2.05) is 152 Å². The second-order valence-corrected chi connectivity index (χ2v) is 33.2. The summed E-state index contributed by atoms with van der Waals surface area (Å²) in [7, 11) is 4.48. The predicted octanol–water partition coefficient (Wildman–Crippen LogP) is 15.7. The Morgan fingerprint density at radius 1 is 0.320 bits per heavy atom. The van der Waals surface area contributed by atoms with Crippen molar-refractivity contribution in [1.29, 1.82) is 0 Å². The van der Waals surface area contributed by atoms with Crippen molar-refractivity contribution in [2.45, 2.75) is 6.92 Å². The summed E-state index contributed by atoms with van der Waals surface area (Å²) in [5, 5.41) is 29.3. The normalized spacial score (nSPS) is 10.6. The number of nitrogens with two attached hydrogens (primary N) is 1. The minimum Gasteiger partial charge on any atom is -0.489 e. The molecule has 8 N–H and O–H groups in total. The third kappa shape index (κ3) is 34.9. The molecule has 0 bridgehead atoms. The summed E-state index contributed by atoms with van der Waals surface area (Å²) in [6.07, 6.45) is 35.8. The molecule has 0 saturated carbocycles. The molecule has 0 aliphatic rings. The number of aromatic nitrogens is 10. The number of alkyl halides is 1. The van der Waals surface area contributed by atoms with E-state index in [1.54, 1.807) is 65.9 Å². The van der Waals surface area contributed by atoms with E-state index in [1.165, 1.54) is 38.6 Å². The van der Waals surface area contributed by atoms with Gasteiger partial charge in [-0.2, -0.15) is 8.42 Å². The molecule has 0 aliphatic carbocycles. The molecule has 39 heteroatoms. The van der Waals surface area contributed by atoms with Crippen molar-refractivity contribution < 1.29 is 98.3 Å². The highest BCUT2D eigenvalue weighted by Crippen LogP contribution is 2.42. The summed E-state index contributed by atoms with van der Waals surface area (Å²) in [5.74, 6) is 21.1. The Kier molecular flexibility index (Phi) is 44.9. The van der Waals surface area contributed by atoms with Gasteiger partial charge in [-0.3, -0.25) is 8.98 Å². The van der Waals surface area contributed by atoms with Gasteiger partial charge in [-0.05, 0) is 121 Å². The van der Waals surface area contributed by atoms with E-state index in [0.717, 1.165) is 99.5 Å². The Balaban J connectivity index is 0.000000175. The molecule has 0 aliphatic heterocycles. The predicted molar refractivity (Wildman–Crippen MR) is 573 cm³/mol. The van der Waals surface area contributed by atoms with E-state index in [-0.39, 0.29) is 45.6 Å². The number of aliphatic hydroxyl groups excluding tert-OH is 1. The first-order chi connectivity index (χ1) is 71.7. The Bertz CT molecular complexity index is 6870. The zero-order valence-electron chi connectivity index (χ0n) is 81.7. The number of fused-ring (bicyclic) bond motifs is 5. The van der Waals surface area contributed by atoms with Crippen LogP contribution in [-0.2, 0) is 47.5 Å². The molecule has 5 heterocycles. The van der Waals surface area contributed by atoms with Gasteiger partial charge < -0.3 is 113 Å². The maximum Gasteiger partial charge on any atom is 0.302 e. The van der Waals surface area contributed by atoms with Gasteiger partial charge in [0.05, 0.1) is 80.1 Å². The maximum atomic E-state index is 11.1. The smallest absolute Gasteiger partial charge is 0.302 e. The molecular weight excluding hydrogens is 2020 g/mol. The summed E-state index contributed by atoms with van der Waals surface area (Å²) in [6, 6.07) is 55.6. The largest absolute Gasteiger partial charge is 0.489 e. The van der Waals surface area contributed by atoms with Crippen LogP contribution in [0.2, 0.25) is 0 Å². The Labute approximate surface area is 865 Å². The third-order valence-corrected chi connectivity index (χ3v) is 21.1. The molecule has 0 unspecified atom stereocenters. The number of aliphatic hydroxyl groups is 1. The molecule has 0 amide bonds. The summed E-state index contributed by atoms with van der Waals surface area (Å²) in [4.78, 5) is 54.5. The third-order valence-electron chi connectivity index (χ3n) is 20.0. The first-order valence-corrected chi connectivity index (χ1v) is 48.8. The van der Waals surface area contributed by atoms with Gasteiger partial charge in [-0.25, -0.2) is 49.8 Å².